The quantitative estimate of drug-likeness (QED) is 0.577. The summed E-state index contributed by atoms with van der Waals surface area (Å²) < 4.78 is 9.49. The summed E-state index contributed by atoms with van der Waals surface area (Å²) in [5, 5.41) is 0. The summed E-state index contributed by atoms with van der Waals surface area (Å²) >= 11 is 0. The maximum atomic E-state index is 12.9. The Morgan fingerprint density at radius 3 is 2.37 bits per heavy atom. The van der Waals surface area contributed by atoms with Gasteiger partial charge in [-0.25, -0.2) is 4.79 Å². The molecule has 2 aromatic carbocycles. The minimum absolute atomic E-state index is 0.0331. The number of hydrogen-bond donors (Lipinski definition) is 0. The van der Waals surface area contributed by atoms with Gasteiger partial charge in [-0.1, -0.05) is 18.7 Å². The number of benzene rings is 2. The fraction of sp³-hybridized carbons (Fsp3) is 0.348. The fourth-order valence-electron chi connectivity index (χ4n) is 3.38. The van der Waals surface area contributed by atoms with Crippen LogP contribution in [0.3, 0.4) is 0 Å². The molecule has 3 rings (SSSR count). The zero-order valence-electron chi connectivity index (χ0n) is 16.9. The van der Waals surface area contributed by atoms with E-state index in [2.05, 4.69) is 52.5 Å². The minimum Gasteiger partial charge on any atom is -0.493 e. The van der Waals surface area contributed by atoms with Crippen molar-refractivity contribution in [2.45, 2.75) is 47.6 Å². The van der Waals surface area contributed by atoms with Gasteiger partial charge >= 0.3 is 5.69 Å². The van der Waals surface area contributed by atoms with Gasteiger partial charge in [0.1, 0.15) is 5.75 Å². The molecule has 0 aliphatic heterocycles. The van der Waals surface area contributed by atoms with Gasteiger partial charge in [0.2, 0.25) is 0 Å². The highest BCUT2D eigenvalue weighted by atomic mass is 16.5. The largest absolute Gasteiger partial charge is 0.493 e. The van der Waals surface area contributed by atoms with E-state index in [1.165, 1.54) is 22.3 Å². The van der Waals surface area contributed by atoms with E-state index in [4.69, 9.17) is 4.74 Å². The maximum absolute atomic E-state index is 12.9. The van der Waals surface area contributed by atoms with Gasteiger partial charge in [0.05, 0.1) is 17.6 Å². The Morgan fingerprint density at radius 1 is 1.04 bits per heavy atom. The first-order valence-corrected chi connectivity index (χ1v) is 9.38. The summed E-state index contributed by atoms with van der Waals surface area (Å²) in [6.45, 7) is 15.3. The number of fused-ring (bicyclic) bond motifs is 1. The summed E-state index contributed by atoms with van der Waals surface area (Å²) in [4.78, 5) is 12.9. The van der Waals surface area contributed by atoms with Crippen LogP contribution in [0.15, 0.2) is 41.7 Å². The van der Waals surface area contributed by atoms with Crippen molar-refractivity contribution in [2.75, 3.05) is 6.61 Å². The van der Waals surface area contributed by atoms with Gasteiger partial charge in [0, 0.05) is 12.2 Å². The molecule has 0 saturated carbocycles. The maximum Gasteiger partial charge on any atom is 0.333 e. The lowest BCUT2D eigenvalue weighted by atomic mass is 10.1. The molecule has 142 valence electrons. The normalized spacial score (nSPS) is 11.1. The Hall–Kier alpha value is -2.75. The standard InChI is InChI=1S/C23H28N2O2/c1-15(2)25-21-14-18(5)17(4)13-20(21)24(23(25)26)11-8-12-27-22-10-7-9-16(3)19(22)6/h7,9-10,13-14H,1,8,11-12H2,2-6H3. The molecule has 0 atom stereocenters. The molecule has 0 saturated heterocycles. The molecular formula is C23H28N2O2. The first kappa shape index (κ1) is 19.0. The van der Waals surface area contributed by atoms with Crippen LogP contribution in [-0.2, 0) is 6.54 Å². The Labute approximate surface area is 160 Å². The monoisotopic (exact) mass is 364 g/mol. The number of nitrogens with zero attached hydrogens (tertiary/aromatic N) is 2. The minimum atomic E-state index is -0.0331. The molecule has 0 aliphatic carbocycles. The molecule has 0 radical (unpaired) electrons. The van der Waals surface area contributed by atoms with Crippen molar-refractivity contribution in [1.29, 1.82) is 0 Å². The lowest BCUT2D eigenvalue weighted by Crippen LogP contribution is -2.24. The van der Waals surface area contributed by atoms with E-state index in [0.29, 0.717) is 13.2 Å². The van der Waals surface area contributed by atoms with Crippen LogP contribution >= 0.6 is 0 Å². The van der Waals surface area contributed by atoms with Crippen LogP contribution in [-0.4, -0.2) is 15.7 Å². The zero-order valence-corrected chi connectivity index (χ0v) is 16.9. The Bertz CT molecular complexity index is 1070. The third kappa shape index (κ3) is 3.57. The van der Waals surface area contributed by atoms with Crippen molar-refractivity contribution in [3.8, 4) is 5.75 Å². The van der Waals surface area contributed by atoms with Gasteiger partial charge in [-0.3, -0.25) is 9.13 Å². The first-order valence-electron chi connectivity index (χ1n) is 9.38. The smallest absolute Gasteiger partial charge is 0.333 e. The molecule has 0 spiro atoms. The van der Waals surface area contributed by atoms with Crippen molar-refractivity contribution < 1.29 is 4.74 Å². The summed E-state index contributed by atoms with van der Waals surface area (Å²) in [6.07, 6.45) is 0.759. The number of hydrogen-bond acceptors (Lipinski definition) is 2. The number of ether oxygens (including phenoxy) is 1. The highest BCUT2D eigenvalue weighted by molar-refractivity contribution is 5.81. The Balaban J connectivity index is 1.84. The second-order valence-electron chi connectivity index (χ2n) is 7.33. The molecule has 4 nitrogen and oxygen atoms in total. The molecule has 3 aromatic rings. The molecule has 0 N–H and O–H groups in total. The molecule has 0 unspecified atom stereocenters. The molecule has 1 heterocycles. The van der Waals surface area contributed by atoms with Gasteiger partial charge in [-0.05, 0) is 81.5 Å². The molecule has 27 heavy (non-hydrogen) atoms. The van der Waals surface area contributed by atoms with Crippen LogP contribution in [0.1, 0.15) is 35.6 Å². The van der Waals surface area contributed by atoms with Crippen LogP contribution in [0.4, 0.5) is 0 Å². The third-order valence-electron chi connectivity index (χ3n) is 5.27. The summed E-state index contributed by atoms with van der Waals surface area (Å²) in [5.41, 5.74) is 7.32. The van der Waals surface area contributed by atoms with Crippen LogP contribution < -0.4 is 10.4 Å². The fourth-order valence-corrected chi connectivity index (χ4v) is 3.38. The molecule has 0 bridgehead atoms. The Kier molecular flexibility index (Phi) is 5.26. The summed E-state index contributed by atoms with van der Waals surface area (Å²) in [6, 6.07) is 10.3. The topological polar surface area (TPSA) is 36.2 Å². The van der Waals surface area contributed by atoms with Gasteiger partial charge < -0.3 is 4.74 Å². The second-order valence-corrected chi connectivity index (χ2v) is 7.33. The highest BCUT2D eigenvalue weighted by Gasteiger charge is 2.15. The van der Waals surface area contributed by atoms with Gasteiger partial charge in [0.15, 0.2) is 0 Å². The zero-order chi connectivity index (χ0) is 19.7. The average molecular weight is 364 g/mol. The SMILES string of the molecule is C=C(C)n1c(=O)n(CCCOc2cccc(C)c2C)c2cc(C)c(C)cc21. The van der Waals surface area contributed by atoms with E-state index >= 15 is 0 Å². The molecular weight excluding hydrogens is 336 g/mol. The van der Waals surface area contributed by atoms with Crippen molar-refractivity contribution in [3.05, 3.63) is 69.6 Å². The van der Waals surface area contributed by atoms with E-state index in [9.17, 15) is 4.79 Å². The van der Waals surface area contributed by atoms with Crippen LogP contribution in [0.25, 0.3) is 16.7 Å². The molecule has 4 heteroatoms. The van der Waals surface area contributed by atoms with E-state index in [1.807, 2.05) is 23.6 Å². The molecule has 0 aliphatic rings. The number of imidazole rings is 1. The molecule has 0 amide bonds. The predicted octanol–water partition coefficient (Wildman–Crippen LogP) is 5.00. The van der Waals surface area contributed by atoms with Gasteiger partial charge in [-0.15, -0.1) is 0 Å². The van der Waals surface area contributed by atoms with Crippen molar-refractivity contribution in [3.63, 3.8) is 0 Å². The number of aryl methyl sites for hydroxylation is 4. The highest BCUT2D eigenvalue weighted by Crippen LogP contribution is 2.22. The Morgan fingerprint density at radius 2 is 1.70 bits per heavy atom. The number of allylic oxidation sites excluding steroid dienone is 1. The summed E-state index contributed by atoms with van der Waals surface area (Å²) in [7, 11) is 0. The van der Waals surface area contributed by atoms with Gasteiger partial charge in [-0.2, -0.15) is 0 Å². The van der Waals surface area contributed by atoms with Crippen molar-refractivity contribution in [2.24, 2.45) is 0 Å². The van der Waals surface area contributed by atoms with E-state index < -0.39 is 0 Å². The van der Waals surface area contributed by atoms with Crippen molar-refractivity contribution >= 4 is 16.7 Å². The van der Waals surface area contributed by atoms with Gasteiger partial charge in [0.25, 0.3) is 0 Å². The first-order chi connectivity index (χ1) is 12.8. The lowest BCUT2D eigenvalue weighted by Gasteiger charge is -2.11. The molecule has 1 aromatic heterocycles. The van der Waals surface area contributed by atoms with Crippen LogP contribution in [0.2, 0.25) is 0 Å². The van der Waals surface area contributed by atoms with E-state index in [1.54, 1.807) is 4.57 Å². The number of aromatic nitrogens is 2. The third-order valence-corrected chi connectivity index (χ3v) is 5.27. The lowest BCUT2D eigenvalue weighted by molar-refractivity contribution is 0.299. The average Bonchev–Trinajstić information content (AvgIpc) is 2.87. The predicted molar refractivity (Wildman–Crippen MR) is 113 cm³/mol. The van der Waals surface area contributed by atoms with Crippen molar-refractivity contribution in [1.82, 2.24) is 9.13 Å². The molecule has 0 fully saturated rings. The van der Waals surface area contributed by atoms with Crippen LogP contribution in [0.5, 0.6) is 5.75 Å². The van der Waals surface area contributed by atoms with E-state index in [0.717, 1.165) is 28.9 Å². The van der Waals surface area contributed by atoms with E-state index in [-0.39, 0.29) is 5.69 Å². The van der Waals surface area contributed by atoms with Crippen LogP contribution in [0, 0.1) is 27.7 Å². The summed E-state index contributed by atoms with van der Waals surface area (Å²) in [5.74, 6) is 0.915. The number of rotatable bonds is 6. The second kappa shape index (κ2) is 7.47.